The lowest BCUT2D eigenvalue weighted by atomic mass is 10.2. The van der Waals surface area contributed by atoms with Gasteiger partial charge in [0.15, 0.2) is 0 Å². The Balaban J connectivity index is 2.89. The number of benzene rings is 1. The summed E-state index contributed by atoms with van der Waals surface area (Å²) in [7, 11) is 7.79. The molecule has 0 bridgehead atoms. The predicted octanol–water partition coefficient (Wildman–Crippen LogP) is 2.27. The highest BCUT2D eigenvalue weighted by atomic mass is 32.2. The third-order valence-corrected chi connectivity index (χ3v) is 3.19. The maximum atomic E-state index is 8.71. The van der Waals surface area contributed by atoms with Crippen LogP contribution >= 0.6 is 11.8 Å². The molecule has 4 nitrogen and oxygen atoms in total. The van der Waals surface area contributed by atoms with E-state index >= 15 is 0 Å². The summed E-state index contributed by atoms with van der Waals surface area (Å²) in [4.78, 5) is 5.21. The van der Waals surface area contributed by atoms with Crippen molar-refractivity contribution in [1.29, 1.82) is 5.26 Å². The van der Waals surface area contributed by atoms with E-state index in [1.807, 2.05) is 39.3 Å². The monoisotopic (exact) mass is 265 g/mol. The van der Waals surface area contributed by atoms with Gasteiger partial charge in [0, 0.05) is 25.0 Å². The molecule has 0 amide bonds. The van der Waals surface area contributed by atoms with E-state index < -0.39 is 0 Å². The van der Waals surface area contributed by atoms with Gasteiger partial charge in [-0.25, -0.2) is 0 Å². The van der Waals surface area contributed by atoms with Crippen LogP contribution in [0.25, 0.3) is 0 Å². The Bertz CT molecular complexity index is 429. The fourth-order valence-electron chi connectivity index (χ4n) is 1.55. The molecule has 18 heavy (non-hydrogen) atoms. The zero-order valence-electron chi connectivity index (χ0n) is 11.3. The van der Waals surface area contributed by atoms with Crippen LogP contribution in [0.1, 0.15) is 0 Å². The Morgan fingerprint density at radius 3 is 2.56 bits per heavy atom. The predicted molar refractivity (Wildman–Crippen MR) is 76.3 cm³/mol. The summed E-state index contributed by atoms with van der Waals surface area (Å²) in [6.45, 7) is 1.87. The molecule has 1 rings (SSSR count). The third kappa shape index (κ3) is 4.13. The Morgan fingerprint density at radius 2 is 2.00 bits per heavy atom. The second-order valence-corrected chi connectivity index (χ2v) is 5.11. The van der Waals surface area contributed by atoms with Crippen LogP contribution in [0.15, 0.2) is 23.1 Å². The van der Waals surface area contributed by atoms with Gasteiger partial charge in [0.05, 0.1) is 12.8 Å². The molecule has 0 aliphatic carbocycles. The number of likely N-dealkylation sites (N-methyl/N-ethyl adjacent to an activating group) is 2. The summed E-state index contributed by atoms with van der Waals surface area (Å²) in [6.07, 6.45) is 0. The van der Waals surface area contributed by atoms with Gasteiger partial charge >= 0.3 is 0 Å². The van der Waals surface area contributed by atoms with Crippen molar-refractivity contribution < 1.29 is 4.74 Å². The molecule has 1 aromatic rings. The number of hydrogen-bond acceptors (Lipinski definition) is 5. The summed E-state index contributed by atoms with van der Waals surface area (Å²) < 4.78 is 5.36. The van der Waals surface area contributed by atoms with E-state index in [0.29, 0.717) is 0 Å². The summed E-state index contributed by atoms with van der Waals surface area (Å²) in [5.74, 6) is 0.832. The van der Waals surface area contributed by atoms with Gasteiger partial charge < -0.3 is 14.5 Å². The van der Waals surface area contributed by atoms with Crippen LogP contribution in [0, 0.1) is 10.7 Å². The number of nitrogens with zero attached hydrogens (tertiary/aromatic N) is 3. The van der Waals surface area contributed by atoms with Gasteiger partial charge in [-0.2, -0.15) is 5.26 Å². The number of rotatable bonds is 6. The molecule has 0 aliphatic rings. The van der Waals surface area contributed by atoms with Crippen molar-refractivity contribution in [1.82, 2.24) is 4.90 Å². The van der Waals surface area contributed by atoms with Crippen LogP contribution in [0.3, 0.4) is 0 Å². The van der Waals surface area contributed by atoms with Gasteiger partial charge in [0.1, 0.15) is 11.2 Å². The van der Waals surface area contributed by atoms with Crippen LogP contribution in [0.2, 0.25) is 0 Å². The molecule has 0 fully saturated rings. The number of anilines is 1. The van der Waals surface area contributed by atoms with E-state index in [1.165, 1.54) is 0 Å². The molecule has 0 unspecified atom stereocenters. The van der Waals surface area contributed by atoms with Gasteiger partial charge in [0.2, 0.25) is 0 Å². The number of methoxy groups -OCH3 is 1. The average molecular weight is 265 g/mol. The fraction of sp³-hybridized carbons (Fsp3) is 0.462. The molecule has 0 aliphatic heterocycles. The first kappa shape index (κ1) is 14.7. The quantitative estimate of drug-likeness (QED) is 0.583. The Kier molecular flexibility index (Phi) is 5.83. The van der Waals surface area contributed by atoms with Gasteiger partial charge in [-0.15, -0.1) is 0 Å². The first-order chi connectivity index (χ1) is 8.58. The maximum absolute atomic E-state index is 8.71. The Hall–Kier alpha value is -1.38. The number of hydrogen-bond donors (Lipinski definition) is 0. The van der Waals surface area contributed by atoms with Crippen molar-refractivity contribution in [2.45, 2.75) is 4.90 Å². The second kappa shape index (κ2) is 7.14. The molecule has 0 spiro atoms. The smallest absolute Gasteiger partial charge is 0.142 e. The third-order valence-electron chi connectivity index (χ3n) is 2.61. The van der Waals surface area contributed by atoms with Gasteiger partial charge in [0.25, 0.3) is 0 Å². The lowest BCUT2D eigenvalue weighted by Crippen LogP contribution is -2.28. The number of thioether (sulfide) groups is 1. The molecule has 1 aromatic carbocycles. The van der Waals surface area contributed by atoms with Crippen LogP contribution in [-0.4, -0.2) is 46.2 Å². The molecule has 0 saturated heterocycles. The minimum absolute atomic E-state index is 0.832. The van der Waals surface area contributed by atoms with Crippen molar-refractivity contribution in [3.05, 3.63) is 18.2 Å². The molecule has 0 N–H and O–H groups in total. The second-order valence-electron chi connectivity index (χ2n) is 4.25. The van der Waals surface area contributed by atoms with E-state index in [-0.39, 0.29) is 0 Å². The van der Waals surface area contributed by atoms with E-state index in [1.54, 1.807) is 7.11 Å². The molecule has 0 heterocycles. The maximum Gasteiger partial charge on any atom is 0.142 e. The van der Waals surface area contributed by atoms with E-state index in [0.717, 1.165) is 41.2 Å². The lowest BCUT2D eigenvalue weighted by Gasteiger charge is -2.23. The Morgan fingerprint density at radius 1 is 1.28 bits per heavy atom. The molecular weight excluding hydrogens is 246 g/mol. The topological polar surface area (TPSA) is 39.5 Å². The molecule has 0 radical (unpaired) electrons. The van der Waals surface area contributed by atoms with E-state index in [2.05, 4.69) is 15.2 Å². The molecular formula is C13H19N3OS. The molecule has 0 saturated carbocycles. The van der Waals surface area contributed by atoms with Crippen LogP contribution in [-0.2, 0) is 0 Å². The van der Waals surface area contributed by atoms with Crippen LogP contribution in [0.4, 0.5) is 5.69 Å². The fourth-order valence-corrected chi connectivity index (χ4v) is 1.97. The minimum atomic E-state index is 0.832. The summed E-state index contributed by atoms with van der Waals surface area (Å²) in [6, 6.07) is 5.79. The van der Waals surface area contributed by atoms with Crippen molar-refractivity contribution >= 4 is 17.4 Å². The van der Waals surface area contributed by atoms with Crippen molar-refractivity contribution in [2.24, 2.45) is 0 Å². The first-order valence-electron chi connectivity index (χ1n) is 5.68. The molecule has 0 atom stereocenters. The van der Waals surface area contributed by atoms with Gasteiger partial charge in [-0.05, 0) is 44.1 Å². The summed E-state index contributed by atoms with van der Waals surface area (Å²) in [5, 5.41) is 10.8. The van der Waals surface area contributed by atoms with E-state index in [9.17, 15) is 0 Å². The Labute approximate surface area is 113 Å². The van der Waals surface area contributed by atoms with Gasteiger partial charge in [-0.3, -0.25) is 0 Å². The van der Waals surface area contributed by atoms with E-state index in [4.69, 9.17) is 10.00 Å². The zero-order valence-corrected chi connectivity index (χ0v) is 12.1. The first-order valence-corrected chi connectivity index (χ1v) is 6.50. The summed E-state index contributed by atoms with van der Waals surface area (Å²) >= 11 is 1.16. The van der Waals surface area contributed by atoms with Crippen molar-refractivity contribution in [3.8, 4) is 11.2 Å². The number of thiocyanates is 1. The SMILES string of the molecule is COc1ccc(SC#N)cc1N(C)CCN(C)C. The highest BCUT2D eigenvalue weighted by Gasteiger charge is 2.09. The lowest BCUT2D eigenvalue weighted by molar-refractivity contribution is 0.405. The summed E-state index contributed by atoms with van der Waals surface area (Å²) in [5.41, 5.74) is 1.01. The zero-order chi connectivity index (χ0) is 13.5. The average Bonchev–Trinajstić information content (AvgIpc) is 2.36. The molecule has 98 valence electrons. The van der Waals surface area contributed by atoms with Crippen LogP contribution < -0.4 is 9.64 Å². The number of nitriles is 1. The molecule has 0 aromatic heterocycles. The minimum Gasteiger partial charge on any atom is -0.495 e. The number of ether oxygens (including phenoxy) is 1. The molecule has 5 heteroatoms. The van der Waals surface area contributed by atoms with Gasteiger partial charge in [-0.1, -0.05) is 0 Å². The standard InChI is InChI=1S/C13H19N3OS/c1-15(2)7-8-16(3)12-9-11(18-10-14)5-6-13(12)17-4/h5-6,9H,7-8H2,1-4H3. The largest absolute Gasteiger partial charge is 0.495 e. The van der Waals surface area contributed by atoms with Crippen LogP contribution in [0.5, 0.6) is 5.75 Å². The van der Waals surface area contributed by atoms with Crippen molar-refractivity contribution in [3.63, 3.8) is 0 Å². The highest BCUT2D eigenvalue weighted by Crippen LogP contribution is 2.32. The normalized spacial score (nSPS) is 10.2. The van der Waals surface area contributed by atoms with Crippen molar-refractivity contribution in [2.75, 3.05) is 46.2 Å². The highest BCUT2D eigenvalue weighted by molar-refractivity contribution is 8.03.